The maximum absolute atomic E-state index is 13.0. The summed E-state index contributed by atoms with van der Waals surface area (Å²) in [6, 6.07) is 18.2. The Labute approximate surface area is 221 Å². The van der Waals surface area contributed by atoms with Crippen LogP contribution in [0.5, 0.6) is 11.5 Å². The Morgan fingerprint density at radius 1 is 0.615 bits per heavy atom. The van der Waals surface area contributed by atoms with E-state index in [-0.39, 0.29) is 43.8 Å². The molecule has 0 amide bonds. The standard InChI is InChI=1S/C26H18N4O8S/c31-25-11-5-21(29(33)34)13-17(25)15-27-19-1-7-23(8-2-19)39(37,38)24-9-3-20(4-10-24)28-16-18-14-22(30(35)36)6-12-26(18)32/h1-16,31-32H. The molecular weight excluding hydrogens is 528 g/mol. The summed E-state index contributed by atoms with van der Waals surface area (Å²) in [4.78, 5) is 28.9. The molecule has 0 atom stereocenters. The molecule has 0 saturated heterocycles. The Hall–Kier alpha value is -5.43. The second-order valence-electron chi connectivity index (χ2n) is 8.01. The minimum Gasteiger partial charge on any atom is -0.507 e. The van der Waals surface area contributed by atoms with Crippen molar-refractivity contribution in [1.82, 2.24) is 0 Å². The third-order valence-electron chi connectivity index (χ3n) is 5.44. The first kappa shape index (κ1) is 26.6. The largest absolute Gasteiger partial charge is 0.507 e. The van der Waals surface area contributed by atoms with Gasteiger partial charge in [0.25, 0.3) is 11.4 Å². The normalized spacial score (nSPS) is 11.7. The zero-order chi connectivity index (χ0) is 28.2. The van der Waals surface area contributed by atoms with Gasteiger partial charge in [0.2, 0.25) is 9.84 Å². The number of rotatable bonds is 8. The van der Waals surface area contributed by atoms with Gasteiger partial charge < -0.3 is 10.2 Å². The van der Waals surface area contributed by atoms with Crippen LogP contribution >= 0.6 is 0 Å². The molecule has 39 heavy (non-hydrogen) atoms. The summed E-state index contributed by atoms with van der Waals surface area (Å²) in [6.45, 7) is 0. The van der Waals surface area contributed by atoms with E-state index in [0.29, 0.717) is 11.4 Å². The monoisotopic (exact) mass is 546 g/mol. The number of non-ortho nitro benzene ring substituents is 2. The molecule has 0 saturated carbocycles. The molecule has 196 valence electrons. The lowest BCUT2D eigenvalue weighted by atomic mass is 10.2. The summed E-state index contributed by atoms with van der Waals surface area (Å²) in [5, 5.41) is 41.6. The highest BCUT2D eigenvalue weighted by molar-refractivity contribution is 7.91. The fraction of sp³-hybridized carbons (Fsp3) is 0. The van der Waals surface area contributed by atoms with Crippen LogP contribution in [0.25, 0.3) is 0 Å². The molecule has 0 aliphatic heterocycles. The number of nitrogens with zero attached hydrogens (tertiary/aromatic N) is 4. The smallest absolute Gasteiger partial charge is 0.270 e. The highest BCUT2D eigenvalue weighted by atomic mass is 32.2. The van der Waals surface area contributed by atoms with Crippen LogP contribution < -0.4 is 0 Å². The van der Waals surface area contributed by atoms with Crippen molar-refractivity contribution in [3.63, 3.8) is 0 Å². The highest BCUT2D eigenvalue weighted by Crippen LogP contribution is 2.27. The predicted octanol–water partition coefficient (Wildman–Crippen LogP) is 5.25. The predicted molar refractivity (Wildman–Crippen MR) is 142 cm³/mol. The number of aromatic hydroxyl groups is 2. The Kier molecular flexibility index (Phi) is 7.44. The van der Waals surface area contributed by atoms with E-state index in [1.165, 1.54) is 73.1 Å². The molecule has 0 radical (unpaired) electrons. The van der Waals surface area contributed by atoms with E-state index in [4.69, 9.17) is 0 Å². The van der Waals surface area contributed by atoms with Crippen molar-refractivity contribution >= 4 is 45.0 Å². The van der Waals surface area contributed by atoms with E-state index in [1.54, 1.807) is 0 Å². The Morgan fingerprint density at radius 2 is 0.974 bits per heavy atom. The molecule has 4 rings (SSSR count). The number of phenols is 2. The van der Waals surface area contributed by atoms with Gasteiger partial charge in [-0.1, -0.05) is 0 Å². The van der Waals surface area contributed by atoms with Crippen molar-refractivity contribution in [1.29, 1.82) is 0 Å². The van der Waals surface area contributed by atoms with Gasteiger partial charge in [-0.25, -0.2) is 8.42 Å². The van der Waals surface area contributed by atoms with Crippen LogP contribution in [0, 0.1) is 20.2 Å². The number of nitro groups is 2. The van der Waals surface area contributed by atoms with Crippen LogP contribution in [0.15, 0.2) is 105 Å². The van der Waals surface area contributed by atoms with E-state index < -0.39 is 19.7 Å². The van der Waals surface area contributed by atoms with Gasteiger partial charge in [-0.05, 0) is 60.7 Å². The van der Waals surface area contributed by atoms with Gasteiger partial charge in [-0.2, -0.15) is 0 Å². The molecule has 0 aliphatic carbocycles. The van der Waals surface area contributed by atoms with Gasteiger partial charge in [0, 0.05) is 47.8 Å². The third-order valence-corrected chi connectivity index (χ3v) is 7.23. The number of aliphatic imine (C=N–C) groups is 2. The molecule has 2 N–H and O–H groups in total. The van der Waals surface area contributed by atoms with E-state index in [1.807, 2.05) is 0 Å². The second kappa shape index (κ2) is 10.9. The average Bonchev–Trinajstić information content (AvgIpc) is 2.92. The molecule has 13 heteroatoms. The van der Waals surface area contributed by atoms with Crippen molar-refractivity contribution in [2.75, 3.05) is 0 Å². The van der Waals surface area contributed by atoms with Crippen molar-refractivity contribution in [3.05, 3.63) is 116 Å². The molecule has 0 unspecified atom stereocenters. The van der Waals surface area contributed by atoms with Crippen LogP contribution in [0.3, 0.4) is 0 Å². The number of nitro benzene ring substituents is 2. The fourth-order valence-corrected chi connectivity index (χ4v) is 4.63. The maximum Gasteiger partial charge on any atom is 0.270 e. The maximum atomic E-state index is 13.0. The van der Waals surface area contributed by atoms with Gasteiger partial charge in [0.15, 0.2) is 0 Å². The van der Waals surface area contributed by atoms with Crippen molar-refractivity contribution in [3.8, 4) is 11.5 Å². The van der Waals surface area contributed by atoms with Crippen LogP contribution in [0.2, 0.25) is 0 Å². The zero-order valence-electron chi connectivity index (χ0n) is 19.8. The first-order chi connectivity index (χ1) is 18.5. The lowest BCUT2D eigenvalue weighted by molar-refractivity contribution is -0.385. The minimum atomic E-state index is -3.88. The van der Waals surface area contributed by atoms with Gasteiger partial charge in [-0.15, -0.1) is 0 Å². The minimum absolute atomic E-state index is 0.00239. The molecule has 0 aromatic heterocycles. The summed E-state index contributed by atoms with van der Waals surface area (Å²) < 4.78 is 26.1. The second-order valence-corrected chi connectivity index (χ2v) is 9.96. The lowest BCUT2D eigenvalue weighted by Crippen LogP contribution is -2.01. The summed E-state index contributed by atoms with van der Waals surface area (Å²) in [5.74, 6) is -0.392. The molecule has 4 aromatic rings. The molecule has 0 bridgehead atoms. The Balaban J connectivity index is 1.50. The summed E-state index contributed by atoms with van der Waals surface area (Å²) in [6.07, 6.45) is 2.47. The topological polar surface area (TPSA) is 186 Å². The quantitative estimate of drug-likeness (QED) is 0.170. The van der Waals surface area contributed by atoms with Crippen molar-refractivity contribution in [2.45, 2.75) is 9.79 Å². The van der Waals surface area contributed by atoms with E-state index in [9.17, 15) is 38.9 Å². The first-order valence-electron chi connectivity index (χ1n) is 11.0. The fourth-order valence-electron chi connectivity index (χ4n) is 3.36. The van der Waals surface area contributed by atoms with Crippen molar-refractivity contribution < 1.29 is 28.5 Å². The summed E-state index contributed by atoms with van der Waals surface area (Å²) in [5.41, 5.74) is 0.542. The molecule has 0 fully saturated rings. The number of phenolic OH excluding ortho intramolecular Hbond substituents is 2. The molecule has 12 nitrogen and oxygen atoms in total. The first-order valence-corrected chi connectivity index (χ1v) is 12.5. The number of hydrogen-bond donors (Lipinski definition) is 2. The van der Waals surface area contributed by atoms with Crippen LogP contribution in [0.1, 0.15) is 11.1 Å². The SMILES string of the molecule is O=[N+]([O-])c1ccc(O)c(C=Nc2ccc(S(=O)(=O)c3ccc(N=Cc4cc([N+](=O)[O-])ccc4O)cc3)cc2)c1. The Bertz CT molecular complexity index is 1610. The molecule has 0 heterocycles. The van der Waals surface area contributed by atoms with Gasteiger partial charge in [-0.3, -0.25) is 30.2 Å². The lowest BCUT2D eigenvalue weighted by Gasteiger charge is -2.06. The Morgan fingerprint density at radius 3 is 1.31 bits per heavy atom. The van der Waals surface area contributed by atoms with Gasteiger partial charge >= 0.3 is 0 Å². The van der Waals surface area contributed by atoms with Crippen LogP contribution in [0.4, 0.5) is 22.7 Å². The molecule has 0 spiro atoms. The average molecular weight is 547 g/mol. The number of hydrogen-bond acceptors (Lipinski definition) is 10. The van der Waals surface area contributed by atoms with E-state index in [0.717, 1.165) is 24.3 Å². The molecular formula is C26H18N4O8S. The van der Waals surface area contributed by atoms with Gasteiger partial charge in [0.1, 0.15) is 11.5 Å². The number of sulfone groups is 1. The zero-order valence-corrected chi connectivity index (χ0v) is 20.6. The van der Waals surface area contributed by atoms with Crippen LogP contribution in [-0.2, 0) is 9.84 Å². The highest BCUT2D eigenvalue weighted by Gasteiger charge is 2.17. The third kappa shape index (κ3) is 6.11. The number of benzene rings is 4. The van der Waals surface area contributed by atoms with Crippen LogP contribution in [-0.4, -0.2) is 40.9 Å². The van der Waals surface area contributed by atoms with E-state index >= 15 is 0 Å². The van der Waals surface area contributed by atoms with Crippen molar-refractivity contribution in [2.24, 2.45) is 9.98 Å². The molecule has 0 aliphatic rings. The molecule has 4 aromatic carbocycles. The van der Waals surface area contributed by atoms with Gasteiger partial charge in [0.05, 0.1) is 31.0 Å². The van der Waals surface area contributed by atoms with E-state index in [2.05, 4.69) is 9.98 Å². The summed E-state index contributed by atoms with van der Waals surface area (Å²) in [7, 11) is -3.88. The summed E-state index contributed by atoms with van der Waals surface area (Å²) >= 11 is 0.